The zero-order chi connectivity index (χ0) is 32.4. The van der Waals surface area contributed by atoms with Crippen molar-refractivity contribution in [2.45, 2.75) is 22.2 Å². The number of rotatable bonds is 8. The number of nitro benzene ring substituents is 1. The van der Waals surface area contributed by atoms with Gasteiger partial charge in [0.2, 0.25) is 11.8 Å². The summed E-state index contributed by atoms with van der Waals surface area (Å²) in [5.41, 5.74) is 3.07. The number of nitro groups is 1. The van der Waals surface area contributed by atoms with E-state index in [1.807, 2.05) is 24.3 Å². The minimum Gasteiger partial charge on any atom is -0.456 e. The molecule has 0 unspecified atom stereocenters. The van der Waals surface area contributed by atoms with E-state index in [0.717, 1.165) is 4.90 Å². The Hall–Kier alpha value is -4.86. The minimum absolute atomic E-state index is 0.0766. The van der Waals surface area contributed by atoms with E-state index < -0.39 is 62.7 Å². The number of Topliss-reactive ketones (excluding diaryl/α,β-unsaturated/α-hetero) is 1. The SMILES string of the molecule is O=C(COC(=O)[C@H](Cc1ccccc1)N1C(=O)[C@H]2[C@H](C1=O)C1(Cl)c3ccccc3C2(Cl)c2ccccc21)c1ccc([N+](=O)[O-])cc1. The molecule has 4 aromatic carbocycles. The van der Waals surface area contributed by atoms with Gasteiger partial charge in [0, 0.05) is 24.1 Å². The molecule has 0 spiro atoms. The van der Waals surface area contributed by atoms with Gasteiger partial charge in [-0.2, -0.15) is 0 Å². The number of benzene rings is 4. The normalized spacial score (nSPS) is 24.5. The van der Waals surface area contributed by atoms with Crippen molar-refractivity contribution in [2.24, 2.45) is 11.8 Å². The van der Waals surface area contributed by atoms with Gasteiger partial charge in [0.15, 0.2) is 12.4 Å². The molecular weight excluding hydrogens is 631 g/mol. The van der Waals surface area contributed by atoms with Crippen LogP contribution in [-0.2, 0) is 35.3 Å². The monoisotopic (exact) mass is 654 g/mol. The van der Waals surface area contributed by atoms with Crippen LogP contribution in [0.4, 0.5) is 5.69 Å². The Kier molecular flexibility index (Phi) is 7.06. The first-order chi connectivity index (χ1) is 22.1. The highest BCUT2D eigenvalue weighted by Gasteiger charge is 2.73. The maximum Gasteiger partial charge on any atom is 0.330 e. The summed E-state index contributed by atoms with van der Waals surface area (Å²) in [6.07, 6.45) is -0.0766. The van der Waals surface area contributed by atoms with Gasteiger partial charge in [0.25, 0.3) is 5.69 Å². The molecule has 1 aliphatic heterocycles. The van der Waals surface area contributed by atoms with E-state index in [4.69, 9.17) is 27.9 Å². The number of carbonyl (C=O) groups excluding carboxylic acids is 4. The molecule has 230 valence electrons. The second-order valence-corrected chi connectivity index (χ2v) is 12.7. The highest BCUT2D eigenvalue weighted by Crippen LogP contribution is 2.69. The van der Waals surface area contributed by atoms with E-state index in [2.05, 4.69) is 0 Å². The van der Waals surface area contributed by atoms with E-state index in [0.29, 0.717) is 27.8 Å². The molecule has 4 aliphatic rings. The maximum atomic E-state index is 14.5. The van der Waals surface area contributed by atoms with Gasteiger partial charge in [-0.15, -0.1) is 23.2 Å². The van der Waals surface area contributed by atoms with Crippen LogP contribution in [0.3, 0.4) is 0 Å². The molecule has 1 saturated heterocycles. The summed E-state index contributed by atoms with van der Waals surface area (Å²) in [5, 5.41) is 11.0. The van der Waals surface area contributed by atoms with Gasteiger partial charge in [-0.05, 0) is 39.9 Å². The Morgan fingerprint density at radius 2 is 1.22 bits per heavy atom. The van der Waals surface area contributed by atoms with Crippen molar-refractivity contribution in [1.82, 2.24) is 4.90 Å². The predicted octanol–water partition coefficient (Wildman–Crippen LogP) is 5.53. The van der Waals surface area contributed by atoms with E-state index >= 15 is 0 Å². The van der Waals surface area contributed by atoms with Crippen LogP contribution < -0.4 is 0 Å². The third-order valence-corrected chi connectivity index (χ3v) is 10.5. The van der Waals surface area contributed by atoms with Crippen LogP contribution in [-0.4, -0.2) is 46.0 Å². The highest BCUT2D eigenvalue weighted by atomic mass is 35.5. The number of halogens is 2. The Balaban J connectivity index is 1.25. The molecule has 1 fully saturated rings. The second kappa shape index (κ2) is 10.9. The number of non-ortho nitro benzene ring substituents is 1. The van der Waals surface area contributed by atoms with Crippen LogP contribution in [0.25, 0.3) is 0 Å². The molecular formula is C35H24Cl2N2O7. The van der Waals surface area contributed by atoms with Crippen molar-refractivity contribution < 1.29 is 28.8 Å². The Labute approximate surface area is 272 Å². The lowest BCUT2D eigenvalue weighted by molar-refractivity contribution is -0.384. The minimum atomic E-state index is -1.43. The number of nitrogens with zero attached hydrogens (tertiary/aromatic N) is 2. The average molecular weight is 655 g/mol. The highest BCUT2D eigenvalue weighted by molar-refractivity contribution is 6.36. The first-order valence-electron chi connectivity index (χ1n) is 14.5. The van der Waals surface area contributed by atoms with Crippen LogP contribution >= 0.6 is 23.2 Å². The fraction of sp³-hybridized carbons (Fsp3) is 0.200. The lowest BCUT2D eigenvalue weighted by atomic mass is 9.54. The summed E-state index contributed by atoms with van der Waals surface area (Å²) in [7, 11) is 0. The molecule has 2 bridgehead atoms. The topological polar surface area (TPSA) is 124 Å². The molecule has 8 rings (SSSR count). The molecule has 3 aliphatic carbocycles. The largest absolute Gasteiger partial charge is 0.456 e. The van der Waals surface area contributed by atoms with Crippen molar-refractivity contribution in [2.75, 3.05) is 6.61 Å². The molecule has 0 saturated carbocycles. The molecule has 1 heterocycles. The first kappa shape index (κ1) is 29.8. The van der Waals surface area contributed by atoms with Crippen molar-refractivity contribution in [3.8, 4) is 0 Å². The second-order valence-electron chi connectivity index (χ2n) is 11.6. The van der Waals surface area contributed by atoms with E-state index in [-0.39, 0.29) is 17.7 Å². The quantitative estimate of drug-likeness (QED) is 0.0611. The van der Waals surface area contributed by atoms with E-state index in [1.54, 1.807) is 54.6 Å². The zero-order valence-corrected chi connectivity index (χ0v) is 25.5. The van der Waals surface area contributed by atoms with Gasteiger partial charge in [0.1, 0.15) is 15.8 Å². The van der Waals surface area contributed by atoms with Crippen molar-refractivity contribution in [3.05, 3.63) is 147 Å². The lowest BCUT2D eigenvalue weighted by Crippen LogP contribution is -2.57. The van der Waals surface area contributed by atoms with Crippen LogP contribution in [0.15, 0.2) is 103 Å². The molecule has 0 N–H and O–H groups in total. The smallest absolute Gasteiger partial charge is 0.330 e. The van der Waals surface area contributed by atoms with Crippen LogP contribution in [0.2, 0.25) is 0 Å². The number of carbonyl (C=O) groups is 4. The first-order valence-corrected chi connectivity index (χ1v) is 15.3. The fourth-order valence-corrected chi connectivity index (χ4v) is 8.30. The van der Waals surface area contributed by atoms with Gasteiger partial charge in [-0.3, -0.25) is 29.4 Å². The molecule has 9 nitrogen and oxygen atoms in total. The average Bonchev–Trinajstić information content (AvgIpc) is 3.35. The third kappa shape index (κ3) is 4.22. The standard InChI is InChI=1S/C35H24Cl2N2O7/c36-34-23-10-4-5-11-24(23)35(37,26-13-7-6-12-25(26)34)30-29(34)31(41)38(32(30)42)27(18-20-8-2-1-3-9-20)33(43)46-19-28(40)21-14-16-22(17-15-21)39(44)45/h1-17,27,29-30H,18-19H2/t27-,29+,30+,34?,35?/m0/s1. The summed E-state index contributed by atoms with van der Waals surface area (Å²) >= 11 is 15.1. The summed E-state index contributed by atoms with van der Waals surface area (Å²) in [4.78, 5) is 64.2. The van der Waals surface area contributed by atoms with Crippen LogP contribution in [0.5, 0.6) is 0 Å². The predicted molar refractivity (Wildman–Crippen MR) is 167 cm³/mol. The van der Waals surface area contributed by atoms with E-state index in [9.17, 15) is 29.3 Å². The molecule has 46 heavy (non-hydrogen) atoms. The zero-order valence-electron chi connectivity index (χ0n) is 24.0. The molecule has 2 amide bonds. The number of imide groups is 1. The number of hydrogen-bond donors (Lipinski definition) is 0. The molecule has 0 radical (unpaired) electrons. The Morgan fingerprint density at radius 3 is 1.67 bits per heavy atom. The molecule has 0 aromatic heterocycles. The van der Waals surface area contributed by atoms with Gasteiger partial charge < -0.3 is 4.74 Å². The van der Waals surface area contributed by atoms with Crippen LogP contribution in [0, 0.1) is 22.0 Å². The third-order valence-electron chi connectivity index (χ3n) is 9.22. The molecule has 11 heteroatoms. The number of esters is 1. The van der Waals surface area contributed by atoms with Crippen molar-refractivity contribution >= 4 is 52.5 Å². The number of ether oxygens (including phenoxy) is 1. The number of ketones is 1. The number of likely N-dealkylation sites (tertiary alicyclic amines) is 1. The molecule has 4 aromatic rings. The Bertz CT molecular complexity index is 1820. The number of hydrogen-bond acceptors (Lipinski definition) is 7. The fourth-order valence-electron chi connectivity index (χ4n) is 7.20. The van der Waals surface area contributed by atoms with Gasteiger partial charge in [-0.1, -0.05) is 78.9 Å². The molecule has 3 atom stereocenters. The summed E-state index contributed by atoms with van der Waals surface area (Å²) < 4.78 is 5.44. The van der Waals surface area contributed by atoms with Gasteiger partial charge >= 0.3 is 5.97 Å². The van der Waals surface area contributed by atoms with Crippen LogP contribution in [0.1, 0.15) is 38.2 Å². The van der Waals surface area contributed by atoms with E-state index in [1.165, 1.54) is 24.3 Å². The van der Waals surface area contributed by atoms with Crippen molar-refractivity contribution in [1.29, 1.82) is 0 Å². The Morgan fingerprint density at radius 1 is 0.761 bits per heavy atom. The number of amides is 2. The maximum absolute atomic E-state index is 14.5. The number of alkyl halides is 2. The summed E-state index contributed by atoms with van der Waals surface area (Å²) in [5.74, 6) is -5.11. The summed E-state index contributed by atoms with van der Waals surface area (Å²) in [6, 6.07) is 26.7. The van der Waals surface area contributed by atoms with Crippen molar-refractivity contribution in [3.63, 3.8) is 0 Å². The van der Waals surface area contributed by atoms with Gasteiger partial charge in [0.05, 0.1) is 16.8 Å². The lowest BCUT2D eigenvalue weighted by Gasteiger charge is -2.54. The summed E-state index contributed by atoms with van der Waals surface area (Å²) in [6.45, 7) is -0.708. The van der Waals surface area contributed by atoms with Gasteiger partial charge in [-0.25, -0.2) is 4.79 Å².